The Bertz CT molecular complexity index is 778. The summed E-state index contributed by atoms with van der Waals surface area (Å²) in [5, 5.41) is 2.99. The van der Waals surface area contributed by atoms with Gasteiger partial charge in [0.25, 0.3) is 0 Å². The first-order valence-corrected chi connectivity index (χ1v) is 9.12. The standard InChI is InChI=1S/C21H28N2O3/c1-6-14(3)22-18(24)13-23-16(5)19(21(25)26-7-2)15(4)20(23)17-11-9-8-10-12-17/h8-12,14H,6-7,13H2,1-5H3,(H,22,24)/t14-/m1/s1. The maximum atomic E-state index is 12.5. The molecule has 0 bridgehead atoms. The van der Waals surface area contributed by atoms with Gasteiger partial charge in [-0.25, -0.2) is 4.79 Å². The summed E-state index contributed by atoms with van der Waals surface area (Å²) in [4.78, 5) is 24.9. The van der Waals surface area contributed by atoms with E-state index >= 15 is 0 Å². The van der Waals surface area contributed by atoms with Gasteiger partial charge in [-0.15, -0.1) is 0 Å². The van der Waals surface area contributed by atoms with Crippen molar-refractivity contribution in [3.63, 3.8) is 0 Å². The number of carbonyl (C=O) groups is 2. The van der Waals surface area contributed by atoms with E-state index in [0.29, 0.717) is 12.2 Å². The zero-order chi connectivity index (χ0) is 19.3. The van der Waals surface area contributed by atoms with Crippen LogP contribution in [0.4, 0.5) is 0 Å². The monoisotopic (exact) mass is 356 g/mol. The van der Waals surface area contributed by atoms with Crippen LogP contribution in [0.25, 0.3) is 11.3 Å². The lowest BCUT2D eigenvalue weighted by atomic mass is 10.1. The van der Waals surface area contributed by atoms with Gasteiger partial charge >= 0.3 is 5.97 Å². The van der Waals surface area contributed by atoms with Crippen molar-refractivity contribution in [1.29, 1.82) is 0 Å². The highest BCUT2D eigenvalue weighted by Gasteiger charge is 2.25. The van der Waals surface area contributed by atoms with Crippen LogP contribution in [0.15, 0.2) is 30.3 Å². The Morgan fingerprint density at radius 3 is 2.38 bits per heavy atom. The van der Waals surface area contributed by atoms with Crippen molar-refractivity contribution in [2.24, 2.45) is 0 Å². The minimum Gasteiger partial charge on any atom is -0.462 e. The molecule has 26 heavy (non-hydrogen) atoms. The first-order valence-electron chi connectivity index (χ1n) is 9.12. The van der Waals surface area contributed by atoms with Crippen molar-refractivity contribution in [1.82, 2.24) is 9.88 Å². The van der Waals surface area contributed by atoms with Gasteiger partial charge in [-0.1, -0.05) is 37.3 Å². The number of nitrogens with zero attached hydrogens (tertiary/aromatic N) is 1. The summed E-state index contributed by atoms with van der Waals surface area (Å²) in [5.41, 5.74) is 3.98. The predicted octanol–water partition coefficient (Wildman–Crippen LogP) is 3.86. The SMILES string of the molecule is CCOC(=O)c1c(C)c(-c2ccccc2)n(CC(=O)N[C@H](C)CC)c1C. The van der Waals surface area contributed by atoms with Crippen LogP contribution in [0.1, 0.15) is 48.8 Å². The van der Waals surface area contributed by atoms with E-state index in [2.05, 4.69) is 5.32 Å². The van der Waals surface area contributed by atoms with E-state index in [1.165, 1.54) is 0 Å². The van der Waals surface area contributed by atoms with Crippen molar-refractivity contribution in [2.45, 2.75) is 53.6 Å². The van der Waals surface area contributed by atoms with E-state index in [9.17, 15) is 9.59 Å². The van der Waals surface area contributed by atoms with E-state index in [4.69, 9.17) is 4.74 Å². The molecule has 0 saturated heterocycles. The van der Waals surface area contributed by atoms with Crippen molar-refractivity contribution in [3.05, 3.63) is 47.2 Å². The van der Waals surface area contributed by atoms with Crippen LogP contribution in [0.2, 0.25) is 0 Å². The number of carbonyl (C=O) groups excluding carboxylic acids is 2. The lowest BCUT2D eigenvalue weighted by molar-refractivity contribution is -0.122. The summed E-state index contributed by atoms with van der Waals surface area (Å²) >= 11 is 0. The average Bonchev–Trinajstić information content (AvgIpc) is 2.85. The number of hydrogen-bond acceptors (Lipinski definition) is 3. The summed E-state index contributed by atoms with van der Waals surface area (Å²) in [7, 11) is 0. The van der Waals surface area contributed by atoms with Crippen molar-refractivity contribution < 1.29 is 14.3 Å². The van der Waals surface area contributed by atoms with Crippen LogP contribution in [0.5, 0.6) is 0 Å². The fraction of sp³-hybridized carbons (Fsp3) is 0.429. The molecule has 0 spiro atoms. The summed E-state index contributed by atoms with van der Waals surface area (Å²) in [6.45, 7) is 10.1. The Hall–Kier alpha value is -2.56. The van der Waals surface area contributed by atoms with Gasteiger partial charge in [-0.3, -0.25) is 4.79 Å². The van der Waals surface area contributed by atoms with Crippen LogP contribution >= 0.6 is 0 Å². The molecule has 0 aliphatic carbocycles. The second kappa shape index (κ2) is 8.70. The number of ether oxygens (including phenoxy) is 1. The largest absolute Gasteiger partial charge is 0.462 e. The molecule has 1 N–H and O–H groups in total. The third-order valence-electron chi connectivity index (χ3n) is 4.62. The molecule has 5 nitrogen and oxygen atoms in total. The number of amides is 1. The van der Waals surface area contributed by atoms with E-state index in [-0.39, 0.29) is 24.5 Å². The molecule has 1 heterocycles. The summed E-state index contributed by atoms with van der Waals surface area (Å²) in [5.74, 6) is -0.411. The molecule has 2 aromatic rings. The fourth-order valence-electron chi connectivity index (χ4n) is 3.13. The lowest BCUT2D eigenvalue weighted by Crippen LogP contribution is -2.35. The molecule has 0 unspecified atom stereocenters. The summed E-state index contributed by atoms with van der Waals surface area (Å²) in [6.07, 6.45) is 0.870. The highest BCUT2D eigenvalue weighted by molar-refractivity contribution is 5.95. The summed E-state index contributed by atoms with van der Waals surface area (Å²) in [6, 6.07) is 9.93. The van der Waals surface area contributed by atoms with Crippen LogP contribution in [0.3, 0.4) is 0 Å². The molecule has 1 amide bonds. The molecular formula is C21H28N2O3. The molecule has 0 saturated carbocycles. The third kappa shape index (κ3) is 4.15. The smallest absolute Gasteiger partial charge is 0.340 e. The lowest BCUT2D eigenvalue weighted by Gasteiger charge is -2.15. The number of esters is 1. The van der Waals surface area contributed by atoms with Gasteiger partial charge in [0, 0.05) is 11.7 Å². The highest BCUT2D eigenvalue weighted by atomic mass is 16.5. The molecule has 0 aliphatic rings. The highest BCUT2D eigenvalue weighted by Crippen LogP contribution is 2.31. The minimum atomic E-state index is -0.347. The Morgan fingerprint density at radius 1 is 1.15 bits per heavy atom. The molecule has 1 aromatic carbocycles. The zero-order valence-electron chi connectivity index (χ0n) is 16.3. The van der Waals surface area contributed by atoms with Crippen LogP contribution < -0.4 is 5.32 Å². The topological polar surface area (TPSA) is 60.3 Å². The van der Waals surface area contributed by atoms with E-state index in [1.54, 1.807) is 6.92 Å². The fourth-order valence-corrected chi connectivity index (χ4v) is 3.13. The van der Waals surface area contributed by atoms with E-state index in [0.717, 1.165) is 28.9 Å². The van der Waals surface area contributed by atoms with Gasteiger partial charge in [-0.05, 0) is 45.2 Å². The maximum Gasteiger partial charge on any atom is 0.340 e. The average molecular weight is 356 g/mol. The number of rotatable bonds is 7. The van der Waals surface area contributed by atoms with Crippen molar-refractivity contribution >= 4 is 11.9 Å². The van der Waals surface area contributed by atoms with Crippen molar-refractivity contribution in [3.8, 4) is 11.3 Å². The molecule has 5 heteroatoms. The second-order valence-electron chi connectivity index (χ2n) is 6.48. The van der Waals surface area contributed by atoms with Gasteiger partial charge in [0.15, 0.2) is 0 Å². The molecule has 140 valence electrons. The van der Waals surface area contributed by atoms with Gasteiger partial charge in [0.05, 0.1) is 17.9 Å². The zero-order valence-corrected chi connectivity index (χ0v) is 16.3. The normalized spacial score (nSPS) is 11.9. The van der Waals surface area contributed by atoms with Crippen LogP contribution in [-0.2, 0) is 16.1 Å². The molecule has 1 aromatic heterocycles. The van der Waals surface area contributed by atoms with Gasteiger partial charge < -0.3 is 14.6 Å². The van der Waals surface area contributed by atoms with Gasteiger partial charge in [-0.2, -0.15) is 0 Å². The van der Waals surface area contributed by atoms with E-state index in [1.807, 2.05) is 62.6 Å². The molecular weight excluding hydrogens is 328 g/mol. The molecule has 0 radical (unpaired) electrons. The Kier molecular flexibility index (Phi) is 6.61. The minimum absolute atomic E-state index is 0.0648. The first kappa shape index (κ1) is 19.8. The Morgan fingerprint density at radius 2 is 1.81 bits per heavy atom. The molecule has 0 aliphatic heterocycles. The maximum absolute atomic E-state index is 12.5. The molecule has 0 fully saturated rings. The number of benzene rings is 1. The number of hydrogen-bond donors (Lipinski definition) is 1. The van der Waals surface area contributed by atoms with Gasteiger partial charge in [0.1, 0.15) is 6.54 Å². The van der Waals surface area contributed by atoms with Crippen molar-refractivity contribution in [2.75, 3.05) is 6.61 Å². The summed E-state index contributed by atoms with van der Waals surface area (Å²) < 4.78 is 7.14. The second-order valence-corrected chi connectivity index (χ2v) is 6.48. The van der Waals surface area contributed by atoms with Gasteiger partial charge in [0.2, 0.25) is 5.91 Å². The molecule has 2 rings (SSSR count). The first-order chi connectivity index (χ1) is 12.4. The third-order valence-corrected chi connectivity index (χ3v) is 4.62. The predicted molar refractivity (Wildman–Crippen MR) is 103 cm³/mol. The van der Waals surface area contributed by atoms with Crippen LogP contribution in [0, 0.1) is 13.8 Å². The van der Waals surface area contributed by atoms with E-state index < -0.39 is 0 Å². The van der Waals surface area contributed by atoms with Crippen LogP contribution in [-0.4, -0.2) is 29.1 Å². The number of nitrogens with one attached hydrogen (secondary N) is 1. The Labute approximate surface area is 155 Å². The number of aromatic nitrogens is 1. The molecule has 1 atom stereocenters. The quantitative estimate of drug-likeness (QED) is 0.766. The Balaban J connectivity index is 2.52.